The normalized spacial score (nSPS) is 10.9. The Labute approximate surface area is 152 Å². The Morgan fingerprint density at radius 3 is 1.38 bits per heavy atom. The van der Waals surface area contributed by atoms with Crippen LogP contribution in [-0.2, 0) is 12.8 Å². The summed E-state index contributed by atoms with van der Waals surface area (Å²) in [5.41, 5.74) is 3.63. The summed E-state index contributed by atoms with van der Waals surface area (Å²) in [6.07, 6.45) is 3.62. The average Bonchev–Trinajstić information content (AvgIpc) is 2.63. The monoisotopic (exact) mass is 352 g/mol. The van der Waals surface area contributed by atoms with Gasteiger partial charge in [0, 0.05) is 11.1 Å². The highest BCUT2D eigenvalue weighted by atomic mass is 19.1. The van der Waals surface area contributed by atoms with Crippen molar-refractivity contribution in [2.45, 2.75) is 39.5 Å². The van der Waals surface area contributed by atoms with Gasteiger partial charge in [0.25, 0.3) is 0 Å². The van der Waals surface area contributed by atoms with E-state index in [9.17, 15) is 8.78 Å². The van der Waals surface area contributed by atoms with E-state index < -0.39 is 0 Å². The van der Waals surface area contributed by atoms with Crippen molar-refractivity contribution in [3.05, 3.63) is 71.3 Å². The molecule has 0 aliphatic carbocycles. The van der Waals surface area contributed by atoms with E-state index in [-0.39, 0.29) is 11.6 Å². The molecule has 0 unspecified atom stereocenters. The first-order valence-electron chi connectivity index (χ1n) is 9.03. The Morgan fingerprint density at radius 1 is 0.654 bits per heavy atom. The first-order valence-corrected chi connectivity index (χ1v) is 9.03. The third kappa shape index (κ3) is 3.96. The number of benzene rings is 2. The average molecular weight is 352 g/mol. The molecule has 26 heavy (non-hydrogen) atoms. The molecule has 3 aromatic rings. The number of rotatable bonds is 6. The Morgan fingerprint density at radius 2 is 1.08 bits per heavy atom. The van der Waals surface area contributed by atoms with Crippen LogP contribution in [0.5, 0.6) is 0 Å². The highest BCUT2D eigenvalue weighted by Gasteiger charge is 2.11. The third-order valence-corrected chi connectivity index (χ3v) is 4.36. The van der Waals surface area contributed by atoms with Gasteiger partial charge in [-0.25, -0.2) is 8.78 Å². The van der Waals surface area contributed by atoms with Crippen LogP contribution in [0.2, 0.25) is 0 Å². The van der Waals surface area contributed by atoms with Crippen molar-refractivity contribution < 1.29 is 8.78 Å². The number of aryl methyl sites for hydroxylation is 2. The van der Waals surface area contributed by atoms with Crippen LogP contribution in [0.4, 0.5) is 8.78 Å². The second-order valence-corrected chi connectivity index (χ2v) is 6.43. The Hall–Kier alpha value is -2.62. The zero-order chi connectivity index (χ0) is 18.5. The zero-order valence-corrected chi connectivity index (χ0v) is 15.1. The molecular formula is C22H22F2N2. The number of hydrogen-bond acceptors (Lipinski definition) is 2. The van der Waals surface area contributed by atoms with Gasteiger partial charge < -0.3 is 0 Å². The van der Waals surface area contributed by atoms with Crippen molar-refractivity contribution >= 4 is 0 Å². The minimum atomic E-state index is -0.312. The number of halogens is 2. The molecule has 0 bridgehead atoms. The second kappa shape index (κ2) is 8.17. The molecule has 4 heteroatoms. The molecule has 0 aliphatic heterocycles. The lowest BCUT2D eigenvalue weighted by Crippen LogP contribution is -1.96. The molecule has 0 atom stereocenters. The largest absolute Gasteiger partial charge is 0.206 e. The maximum atomic E-state index is 14.3. The van der Waals surface area contributed by atoms with Gasteiger partial charge >= 0.3 is 0 Å². The molecule has 134 valence electrons. The van der Waals surface area contributed by atoms with Gasteiger partial charge in [-0.05, 0) is 60.4 Å². The first kappa shape index (κ1) is 18.2. The van der Waals surface area contributed by atoms with Gasteiger partial charge in [-0.3, -0.25) is 0 Å². The summed E-state index contributed by atoms with van der Waals surface area (Å²) in [5.74, 6) is -0.624. The number of hydrogen-bond donors (Lipinski definition) is 0. The molecule has 0 saturated heterocycles. The smallest absolute Gasteiger partial charge is 0.132 e. The molecule has 0 saturated carbocycles. The van der Waals surface area contributed by atoms with E-state index in [2.05, 4.69) is 24.0 Å². The van der Waals surface area contributed by atoms with Crippen molar-refractivity contribution in [3.8, 4) is 22.5 Å². The molecule has 0 amide bonds. The molecule has 1 heterocycles. The van der Waals surface area contributed by atoms with Gasteiger partial charge in [0.1, 0.15) is 11.6 Å². The molecule has 0 spiro atoms. The van der Waals surface area contributed by atoms with Crippen molar-refractivity contribution in [3.63, 3.8) is 0 Å². The van der Waals surface area contributed by atoms with Gasteiger partial charge in [-0.2, -0.15) is 0 Å². The predicted octanol–water partition coefficient (Wildman–Crippen LogP) is 5.99. The van der Waals surface area contributed by atoms with Gasteiger partial charge in [0.2, 0.25) is 0 Å². The SMILES string of the molecule is CCCc1ccc(-c2ccc(-c3ccc(CCC)cc3F)nn2)c(F)c1. The van der Waals surface area contributed by atoms with E-state index in [4.69, 9.17) is 0 Å². The van der Waals surface area contributed by atoms with Crippen LogP contribution in [0.1, 0.15) is 37.8 Å². The van der Waals surface area contributed by atoms with Gasteiger partial charge in [0.05, 0.1) is 11.4 Å². The van der Waals surface area contributed by atoms with E-state index in [1.165, 1.54) is 0 Å². The van der Waals surface area contributed by atoms with Crippen LogP contribution < -0.4 is 0 Å². The van der Waals surface area contributed by atoms with Crippen LogP contribution in [0.15, 0.2) is 48.5 Å². The Balaban J connectivity index is 1.87. The molecule has 0 fully saturated rings. The van der Waals surface area contributed by atoms with Crippen molar-refractivity contribution in [1.82, 2.24) is 10.2 Å². The quantitative estimate of drug-likeness (QED) is 0.544. The summed E-state index contributed by atoms with van der Waals surface area (Å²) >= 11 is 0. The molecule has 2 aromatic carbocycles. The number of aromatic nitrogens is 2. The number of nitrogens with zero attached hydrogens (tertiary/aromatic N) is 2. The van der Waals surface area contributed by atoms with Crippen LogP contribution in [0.3, 0.4) is 0 Å². The van der Waals surface area contributed by atoms with E-state index in [1.807, 2.05) is 12.1 Å². The standard InChI is InChI=1S/C22H22F2N2/c1-3-5-15-7-9-17(19(23)13-15)21-11-12-22(26-25-21)18-10-8-16(6-4-2)14-20(18)24/h7-14H,3-6H2,1-2H3. The molecule has 0 aliphatic rings. The van der Waals surface area contributed by atoms with Crippen molar-refractivity contribution in [2.75, 3.05) is 0 Å². The maximum absolute atomic E-state index is 14.3. The summed E-state index contributed by atoms with van der Waals surface area (Å²) in [7, 11) is 0. The minimum Gasteiger partial charge on any atom is -0.206 e. The summed E-state index contributed by atoms with van der Waals surface area (Å²) in [4.78, 5) is 0. The van der Waals surface area contributed by atoms with E-state index >= 15 is 0 Å². The fraction of sp³-hybridized carbons (Fsp3) is 0.273. The third-order valence-electron chi connectivity index (χ3n) is 4.36. The highest BCUT2D eigenvalue weighted by Crippen LogP contribution is 2.26. The summed E-state index contributed by atoms with van der Waals surface area (Å²) in [6.45, 7) is 4.12. The van der Waals surface area contributed by atoms with Gasteiger partial charge in [0.15, 0.2) is 0 Å². The summed E-state index contributed by atoms with van der Waals surface area (Å²) < 4.78 is 28.7. The van der Waals surface area contributed by atoms with Crippen LogP contribution in [0.25, 0.3) is 22.5 Å². The molecular weight excluding hydrogens is 330 g/mol. The van der Waals surface area contributed by atoms with Crippen LogP contribution in [0, 0.1) is 11.6 Å². The van der Waals surface area contributed by atoms with Crippen molar-refractivity contribution in [1.29, 1.82) is 0 Å². The van der Waals surface area contributed by atoms with Gasteiger partial charge in [-0.15, -0.1) is 10.2 Å². The van der Waals surface area contributed by atoms with Gasteiger partial charge in [-0.1, -0.05) is 38.8 Å². The summed E-state index contributed by atoms with van der Waals surface area (Å²) in [5, 5.41) is 8.21. The Bertz CT molecular complexity index is 815. The fourth-order valence-electron chi connectivity index (χ4n) is 3.04. The van der Waals surface area contributed by atoms with Crippen molar-refractivity contribution in [2.24, 2.45) is 0 Å². The zero-order valence-electron chi connectivity index (χ0n) is 15.1. The van der Waals surface area contributed by atoms with Crippen LogP contribution in [-0.4, -0.2) is 10.2 Å². The second-order valence-electron chi connectivity index (χ2n) is 6.43. The minimum absolute atomic E-state index is 0.312. The predicted molar refractivity (Wildman–Crippen MR) is 101 cm³/mol. The lowest BCUT2D eigenvalue weighted by atomic mass is 10.0. The molecule has 2 nitrogen and oxygen atoms in total. The van der Waals surface area contributed by atoms with Crippen LogP contribution >= 0.6 is 0 Å². The Kier molecular flexibility index (Phi) is 5.71. The molecule has 1 aromatic heterocycles. The lowest BCUT2D eigenvalue weighted by Gasteiger charge is -2.07. The summed E-state index contributed by atoms with van der Waals surface area (Å²) in [6, 6.07) is 13.7. The van der Waals surface area contributed by atoms with E-state index in [0.29, 0.717) is 22.5 Å². The lowest BCUT2D eigenvalue weighted by molar-refractivity contribution is 0.626. The topological polar surface area (TPSA) is 25.8 Å². The maximum Gasteiger partial charge on any atom is 0.132 e. The van der Waals surface area contributed by atoms with E-state index in [1.54, 1.807) is 36.4 Å². The molecule has 0 radical (unpaired) electrons. The molecule has 3 rings (SSSR count). The molecule has 0 N–H and O–H groups in total. The first-order chi connectivity index (χ1) is 12.6. The highest BCUT2D eigenvalue weighted by molar-refractivity contribution is 5.65. The fourth-order valence-corrected chi connectivity index (χ4v) is 3.04. The van der Waals surface area contributed by atoms with E-state index in [0.717, 1.165) is 36.8 Å².